The number of benzene rings is 2. The molecule has 2 aromatic carbocycles. The van der Waals surface area contributed by atoms with Crippen molar-refractivity contribution in [2.45, 2.75) is 13.0 Å². The number of esters is 1. The summed E-state index contributed by atoms with van der Waals surface area (Å²) in [4.78, 5) is 35.4. The van der Waals surface area contributed by atoms with Gasteiger partial charge in [-0.1, -0.05) is 35.3 Å². The van der Waals surface area contributed by atoms with E-state index in [1.807, 2.05) is 0 Å². The van der Waals surface area contributed by atoms with Crippen LogP contribution in [0.2, 0.25) is 10.0 Å². The fraction of sp³-hybridized carbons (Fsp3) is 0.211. The van der Waals surface area contributed by atoms with Crippen LogP contribution in [0.3, 0.4) is 0 Å². The highest BCUT2D eigenvalue weighted by molar-refractivity contribution is 6.30. The molecule has 0 aliphatic rings. The Labute approximate surface area is 166 Å². The molecule has 1 atom stereocenters. The Hall–Kier alpha value is -2.57. The van der Waals surface area contributed by atoms with Crippen LogP contribution in [0.15, 0.2) is 48.5 Å². The largest absolute Gasteiger partial charge is 0.454 e. The van der Waals surface area contributed by atoms with Gasteiger partial charge >= 0.3 is 5.97 Å². The summed E-state index contributed by atoms with van der Waals surface area (Å²) < 4.78 is 4.86. The molecule has 0 heterocycles. The molecule has 2 aromatic rings. The van der Waals surface area contributed by atoms with E-state index in [0.29, 0.717) is 15.6 Å². The SMILES string of the molecule is C[C@@H](NC(=O)COC(=O)CNC(=O)c1ccc(Cl)cc1)c1ccc(Cl)cc1. The number of amides is 2. The number of halogens is 2. The van der Waals surface area contributed by atoms with E-state index in [9.17, 15) is 14.4 Å². The molecule has 2 amide bonds. The molecule has 2 rings (SSSR count). The van der Waals surface area contributed by atoms with Crippen LogP contribution < -0.4 is 10.6 Å². The van der Waals surface area contributed by atoms with Crippen molar-refractivity contribution in [3.8, 4) is 0 Å². The minimum absolute atomic E-state index is 0.266. The van der Waals surface area contributed by atoms with E-state index in [4.69, 9.17) is 27.9 Å². The van der Waals surface area contributed by atoms with Crippen LogP contribution >= 0.6 is 23.2 Å². The van der Waals surface area contributed by atoms with Crippen molar-refractivity contribution in [1.29, 1.82) is 0 Å². The Kier molecular flexibility index (Phi) is 7.64. The fourth-order valence-corrected chi connectivity index (χ4v) is 2.42. The molecule has 27 heavy (non-hydrogen) atoms. The van der Waals surface area contributed by atoms with Crippen LogP contribution in [0.1, 0.15) is 28.9 Å². The van der Waals surface area contributed by atoms with Gasteiger partial charge in [-0.2, -0.15) is 0 Å². The van der Waals surface area contributed by atoms with Crippen molar-refractivity contribution < 1.29 is 19.1 Å². The molecule has 0 aromatic heterocycles. The number of rotatable bonds is 7. The number of carbonyl (C=O) groups is 3. The van der Waals surface area contributed by atoms with Crippen molar-refractivity contribution in [2.75, 3.05) is 13.2 Å². The van der Waals surface area contributed by atoms with Crippen LogP contribution in [0, 0.1) is 0 Å². The Bertz CT molecular complexity index is 807. The lowest BCUT2D eigenvalue weighted by molar-refractivity contribution is -0.147. The topological polar surface area (TPSA) is 84.5 Å². The average molecular weight is 409 g/mol. The van der Waals surface area contributed by atoms with Gasteiger partial charge in [0.05, 0.1) is 6.04 Å². The van der Waals surface area contributed by atoms with Crippen LogP contribution in [-0.2, 0) is 14.3 Å². The second-order valence-electron chi connectivity index (χ2n) is 5.69. The van der Waals surface area contributed by atoms with Crippen molar-refractivity contribution in [3.05, 3.63) is 69.7 Å². The molecule has 0 saturated heterocycles. The number of ether oxygens (including phenoxy) is 1. The number of hydrogen-bond donors (Lipinski definition) is 2. The summed E-state index contributed by atoms with van der Waals surface area (Å²) in [5.41, 5.74) is 1.23. The van der Waals surface area contributed by atoms with Crippen LogP contribution in [0.5, 0.6) is 0 Å². The fourth-order valence-electron chi connectivity index (χ4n) is 2.17. The highest BCUT2D eigenvalue weighted by Gasteiger charge is 2.13. The zero-order chi connectivity index (χ0) is 19.8. The lowest BCUT2D eigenvalue weighted by atomic mass is 10.1. The molecule has 0 bridgehead atoms. The zero-order valence-corrected chi connectivity index (χ0v) is 16.0. The first-order valence-electron chi connectivity index (χ1n) is 8.09. The molecule has 6 nitrogen and oxygen atoms in total. The predicted molar refractivity (Wildman–Crippen MR) is 103 cm³/mol. The summed E-state index contributed by atoms with van der Waals surface area (Å²) in [7, 11) is 0. The van der Waals surface area contributed by atoms with Gasteiger partial charge in [-0.15, -0.1) is 0 Å². The zero-order valence-electron chi connectivity index (χ0n) is 14.5. The van der Waals surface area contributed by atoms with Crippen molar-refractivity contribution in [1.82, 2.24) is 10.6 Å². The molecule has 0 aliphatic heterocycles. The van der Waals surface area contributed by atoms with Gasteiger partial charge in [0.25, 0.3) is 11.8 Å². The maximum absolute atomic E-state index is 11.9. The smallest absolute Gasteiger partial charge is 0.325 e. The van der Waals surface area contributed by atoms with E-state index in [1.54, 1.807) is 43.3 Å². The summed E-state index contributed by atoms with van der Waals surface area (Å²) in [6.45, 7) is 1.02. The first-order chi connectivity index (χ1) is 12.8. The van der Waals surface area contributed by atoms with E-state index in [1.165, 1.54) is 12.1 Å². The molecular formula is C19H18Cl2N2O4. The van der Waals surface area contributed by atoms with E-state index in [2.05, 4.69) is 10.6 Å². The first-order valence-corrected chi connectivity index (χ1v) is 8.85. The summed E-state index contributed by atoms with van der Waals surface area (Å²) in [5, 5.41) is 6.23. The molecule has 0 unspecified atom stereocenters. The average Bonchev–Trinajstić information content (AvgIpc) is 2.65. The third-order valence-electron chi connectivity index (χ3n) is 3.61. The predicted octanol–water partition coefficient (Wildman–Crippen LogP) is 3.14. The van der Waals surface area contributed by atoms with E-state index in [-0.39, 0.29) is 12.6 Å². The number of hydrogen-bond acceptors (Lipinski definition) is 4. The van der Waals surface area contributed by atoms with Gasteiger partial charge in [0.15, 0.2) is 6.61 Å². The quantitative estimate of drug-likeness (QED) is 0.689. The number of carbonyl (C=O) groups excluding carboxylic acids is 3. The summed E-state index contributed by atoms with van der Waals surface area (Å²) in [6, 6.07) is 13.0. The lowest BCUT2D eigenvalue weighted by Crippen LogP contribution is -2.34. The molecule has 0 aliphatic carbocycles. The minimum Gasteiger partial charge on any atom is -0.454 e. The molecule has 0 fully saturated rings. The third kappa shape index (κ3) is 6.92. The van der Waals surface area contributed by atoms with Crippen molar-refractivity contribution in [2.24, 2.45) is 0 Å². The molecular weight excluding hydrogens is 391 g/mol. The van der Waals surface area contributed by atoms with Crippen molar-refractivity contribution in [3.63, 3.8) is 0 Å². The second kappa shape index (κ2) is 9.94. The van der Waals surface area contributed by atoms with Gasteiger partial charge in [0, 0.05) is 15.6 Å². The summed E-state index contributed by atoms with van der Waals surface area (Å²) in [5.74, 6) is -1.61. The summed E-state index contributed by atoms with van der Waals surface area (Å²) >= 11 is 11.6. The maximum atomic E-state index is 11.9. The first kappa shape index (κ1) is 20.7. The third-order valence-corrected chi connectivity index (χ3v) is 4.12. The van der Waals surface area contributed by atoms with E-state index in [0.717, 1.165) is 5.56 Å². The molecule has 2 N–H and O–H groups in total. The van der Waals surface area contributed by atoms with Gasteiger partial charge < -0.3 is 15.4 Å². The van der Waals surface area contributed by atoms with Gasteiger partial charge in [-0.25, -0.2) is 0 Å². The van der Waals surface area contributed by atoms with Gasteiger partial charge in [0.2, 0.25) is 0 Å². The van der Waals surface area contributed by atoms with E-state index >= 15 is 0 Å². The highest BCUT2D eigenvalue weighted by atomic mass is 35.5. The Morgan fingerprint density at radius 2 is 1.52 bits per heavy atom. The molecule has 142 valence electrons. The normalized spacial score (nSPS) is 11.4. The Morgan fingerprint density at radius 3 is 2.11 bits per heavy atom. The molecule has 0 saturated carbocycles. The summed E-state index contributed by atoms with van der Waals surface area (Å²) in [6.07, 6.45) is 0. The van der Waals surface area contributed by atoms with Gasteiger partial charge in [0.1, 0.15) is 6.54 Å². The maximum Gasteiger partial charge on any atom is 0.325 e. The standard InChI is InChI=1S/C19H18Cl2N2O4/c1-12(13-2-6-15(20)7-3-13)23-17(24)11-27-18(25)10-22-19(26)14-4-8-16(21)9-5-14/h2-9,12H,10-11H2,1H3,(H,22,26)(H,23,24)/t12-/m1/s1. The Balaban J connectivity index is 1.71. The highest BCUT2D eigenvalue weighted by Crippen LogP contribution is 2.15. The number of nitrogens with one attached hydrogen (secondary N) is 2. The molecule has 8 heteroatoms. The van der Waals surface area contributed by atoms with Crippen LogP contribution in [-0.4, -0.2) is 30.9 Å². The minimum atomic E-state index is -0.716. The van der Waals surface area contributed by atoms with Crippen LogP contribution in [0.25, 0.3) is 0 Å². The molecule has 0 spiro atoms. The monoisotopic (exact) mass is 408 g/mol. The Morgan fingerprint density at radius 1 is 0.963 bits per heavy atom. The molecule has 0 radical (unpaired) electrons. The van der Waals surface area contributed by atoms with Gasteiger partial charge in [-0.3, -0.25) is 14.4 Å². The van der Waals surface area contributed by atoms with E-state index < -0.39 is 24.4 Å². The lowest BCUT2D eigenvalue weighted by Gasteiger charge is -2.14. The van der Waals surface area contributed by atoms with Crippen molar-refractivity contribution >= 4 is 41.0 Å². The van der Waals surface area contributed by atoms with Crippen LogP contribution in [0.4, 0.5) is 0 Å². The second-order valence-corrected chi connectivity index (χ2v) is 6.56. The van der Waals surface area contributed by atoms with Gasteiger partial charge in [-0.05, 0) is 48.9 Å².